The van der Waals surface area contributed by atoms with Crippen LogP contribution in [0.2, 0.25) is 5.02 Å². The molecule has 1 aromatic carbocycles. The summed E-state index contributed by atoms with van der Waals surface area (Å²) in [5.74, 6) is 0.902. The first-order chi connectivity index (χ1) is 9.65. The zero-order valence-corrected chi connectivity index (χ0v) is 12.2. The van der Waals surface area contributed by atoms with E-state index in [4.69, 9.17) is 26.8 Å². The van der Waals surface area contributed by atoms with Crippen molar-refractivity contribution in [3.63, 3.8) is 0 Å². The lowest BCUT2D eigenvalue weighted by Gasteiger charge is -2.20. The fraction of sp³-hybridized carbons (Fsp3) is 0.500. The van der Waals surface area contributed by atoms with Crippen LogP contribution in [0.1, 0.15) is 24.8 Å². The minimum atomic E-state index is -0.516. The summed E-state index contributed by atoms with van der Waals surface area (Å²) >= 11 is 6.01. The molecule has 3 N–H and O–H groups in total. The van der Waals surface area contributed by atoms with E-state index in [1.54, 1.807) is 12.1 Å². The lowest BCUT2D eigenvalue weighted by molar-refractivity contribution is -0.127. The fourth-order valence-corrected chi connectivity index (χ4v) is 2.46. The number of methoxy groups -OCH3 is 1. The van der Waals surface area contributed by atoms with Crippen LogP contribution in [-0.4, -0.2) is 25.7 Å². The van der Waals surface area contributed by atoms with Crippen LogP contribution in [0.4, 0.5) is 0 Å². The summed E-state index contributed by atoms with van der Waals surface area (Å²) in [6.07, 6.45) is 2.07. The van der Waals surface area contributed by atoms with Crippen LogP contribution in [0.25, 0.3) is 0 Å². The number of ether oxygens (including phenoxy) is 2. The Balaban J connectivity index is 2.29. The molecule has 1 aliphatic rings. The standard InChI is InChI=1S/C14H19ClN2O3/c1-19-12-7-10(15)6-9(8-16)13(12)20-11-4-2-3-5-17-14(11)18/h6-7,11H,2-5,8,16H2,1H3,(H,17,18). The number of carbonyl (C=O) groups excluding carboxylic acids is 1. The normalized spacial score (nSPS) is 19.1. The van der Waals surface area contributed by atoms with E-state index in [2.05, 4.69) is 5.32 Å². The molecule has 1 saturated heterocycles. The summed E-state index contributed by atoms with van der Waals surface area (Å²) < 4.78 is 11.2. The number of carbonyl (C=O) groups is 1. The van der Waals surface area contributed by atoms with E-state index in [9.17, 15) is 4.79 Å². The van der Waals surface area contributed by atoms with Gasteiger partial charge in [-0.05, 0) is 25.3 Å². The van der Waals surface area contributed by atoms with Crippen LogP contribution < -0.4 is 20.5 Å². The van der Waals surface area contributed by atoms with E-state index in [0.29, 0.717) is 29.5 Å². The maximum Gasteiger partial charge on any atom is 0.261 e. The van der Waals surface area contributed by atoms with Crippen molar-refractivity contribution in [2.24, 2.45) is 5.73 Å². The second-order valence-electron chi connectivity index (χ2n) is 4.69. The molecule has 110 valence electrons. The molecule has 1 aromatic rings. The third-order valence-corrected chi connectivity index (χ3v) is 3.50. The third kappa shape index (κ3) is 3.35. The van der Waals surface area contributed by atoms with E-state index in [0.717, 1.165) is 18.4 Å². The predicted octanol–water partition coefficient (Wildman–Crippen LogP) is 1.85. The number of nitrogens with two attached hydrogens (primary N) is 1. The molecule has 1 unspecified atom stereocenters. The topological polar surface area (TPSA) is 73.6 Å². The van der Waals surface area contributed by atoms with Crippen LogP contribution in [0.5, 0.6) is 11.5 Å². The highest BCUT2D eigenvalue weighted by Crippen LogP contribution is 2.35. The van der Waals surface area contributed by atoms with Crippen molar-refractivity contribution >= 4 is 17.5 Å². The van der Waals surface area contributed by atoms with Gasteiger partial charge in [-0.2, -0.15) is 0 Å². The lowest BCUT2D eigenvalue weighted by Crippen LogP contribution is -2.36. The van der Waals surface area contributed by atoms with Gasteiger partial charge in [-0.25, -0.2) is 0 Å². The Kier molecular flexibility index (Phi) is 5.09. The molecule has 1 fully saturated rings. The Morgan fingerprint density at radius 2 is 2.25 bits per heavy atom. The number of halogens is 1. The van der Waals surface area contributed by atoms with Crippen LogP contribution in [0.15, 0.2) is 12.1 Å². The van der Waals surface area contributed by atoms with Gasteiger partial charge in [0.1, 0.15) is 0 Å². The summed E-state index contributed by atoms with van der Waals surface area (Å²) in [7, 11) is 1.53. The average Bonchev–Trinajstić information content (AvgIpc) is 2.65. The van der Waals surface area contributed by atoms with Crippen LogP contribution in [0, 0.1) is 0 Å². The SMILES string of the molecule is COc1cc(Cl)cc(CN)c1OC1CCCCNC1=O. The highest BCUT2D eigenvalue weighted by atomic mass is 35.5. The Morgan fingerprint density at radius 3 is 2.95 bits per heavy atom. The number of amides is 1. The van der Waals surface area contributed by atoms with Crippen molar-refractivity contribution in [1.82, 2.24) is 5.32 Å². The second-order valence-corrected chi connectivity index (χ2v) is 5.13. The smallest absolute Gasteiger partial charge is 0.261 e. The number of hydrogen-bond donors (Lipinski definition) is 2. The Labute approximate surface area is 123 Å². The van der Waals surface area contributed by atoms with E-state index in [1.807, 2.05) is 0 Å². The largest absolute Gasteiger partial charge is 0.493 e. The molecule has 6 heteroatoms. The van der Waals surface area contributed by atoms with E-state index < -0.39 is 6.10 Å². The predicted molar refractivity (Wildman–Crippen MR) is 77.2 cm³/mol. The molecular weight excluding hydrogens is 280 g/mol. The van der Waals surface area contributed by atoms with Crippen molar-refractivity contribution in [3.05, 3.63) is 22.7 Å². The van der Waals surface area contributed by atoms with Gasteiger partial charge >= 0.3 is 0 Å². The highest BCUT2D eigenvalue weighted by Gasteiger charge is 2.25. The van der Waals surface area contributed by atoms with Gasteiger partial charge in [-0.15, -0.1) is 0 Å². The third-order valence-electron chi connectivity index (χ3n) is 3.28. The van der Waals surface area contributed by atoms with Gasteiger partial charge in [-0.1, -0.05) is 11.6 Å². The molecule has 1 aliphatic heterocycles. The Hall–Kier alpha value is -1.46. The Morgan fingerprint density at radius 1 is 1.45 bits per heavy atom. The molecule has 1 heterocycles. The zero-order chi connectivity index (χ0) is 14.5. The first-order valence-electron chi connectivity index (χ1n) is 6.66. The molecule has 0 spiro atoms. The quantitative estimate of drug-likeness (QED) is 0.890. The zero-order valence-electron chi connectivity index (χ0n) is 11.4. The van der Waals surface area contributed by atoms with Crippen LogP contribution in [-0.2, 0) is 11.3 Å². The highest BCUT2D eigenvalue weighted by molar-refractivity contribution is 6.30. The number of hydrogen-bond acceptors (Lipinski definition) is 4. The molecule has 0 saturated carbocycles. The van der Waals surface area contributed by atoms with Crippen molar-refractivity contribution in [2.75, 3.05) is 13.7 Å². The van der Waals surface area contributed by atoms with Crippen molar-refractivity contribution < 1.29 is 14.3 Å². The van der Waals surface area contributed by atoms with Crippen LogP contribution >= 0.6 is 11.6 Å². The second kappa shape index (κ2) is 6.81. The summed E-state index contributed by atoms with van der Waals surface area (Å²) in [5, 5.41) is 3.37. The summed E-state index contributed by atoms with van der Waals surface area (Å²) in [5.41, 5.74) is 6.45. The minimum absolute atomic E-state index is 0.0949. The van der Waals surface area contributed by atoms with Gasteiger partial charge in [0.25, 0.3) is 5.91 Å². The molecule has 1 atom stereocenters. The molecular formula is C14H19ClN2O3. The number of rotatable bonds is 4. The fourth-order valence-electron chi connectivity index (χ4n) is 2.23. The maximum absolute atomic E-state index is 12.0. The summed E-state index contributed by atoms with van der Waals surface area (Å²) in [6, 6.07) is 3.39. The van der Waals surface area contributed by atoms with E-state index in [1.165, 1.54) is 7.11 Å². The Bertz CT molecular complexity index is 468. The minimum Gasteiger partial charge on any atom is -0.493 e. The first-order valence-corrected chi connectivity index (χ1v) is 7.04. The monoisotopic (exact) mass is 298 g/mol. The van der Waals surface area contributed by atoms with Crippen molar-refractivity contribution in [1.29, 1.82) is 0 Å². The van der Waals surface area contributed by atoms with Crippen molar-refractivity contribution in [2.45, 2.75) is 31.9 Å². The van der Waals surface area contributed by atoms with E-state index >= 15 is 0 Å². The van der Waals surface area contributed by atoms with Crippen molar-refractivity contribution in [3.8, 4) is 11.5 Å². The summed E-state index contributed by atoms with van der Waals surface area (Å²) in [4.78, 5) is 12.0. The van der Waals surface area contributed by atoms with Crippen LogP contribution in [0.3, 0.4) is 0 Å². The lowest BCUT2D eigenvalue weighted by atomic mass is 10.1. The van der Waals surface area contributed by atoms with Gasteiger partial charge in [0.2, 0.25) is 0 Å². The molecule has 5 nitrogen and oxygen atoms in total. The first kappa shape index (κ1) is 14.9. The van der Waals surface area contributed by atoms with Gasteiger partial charge in [0, 0.05) is 29.7 Å². The molecule has 0 aromatic heterocycles. The molecule has 0 radical (unpaired) electrons. The number of nitrogens with one attached hydrogen (secondary N) is 1. The van der Waals surface area contributed by atoms with Gasteiger partial charge in [0.05, 0.1) is 7.11 Å². The van der Waals surface area contributed by atoms with Gasteiger partial charge < -0.3 is 20.5 Å². The molecule has 0 bridgehead atoms. The molecule has 20 heavy (non-hydrogen) atoms. The molecule has 2 rings (SSSR count). The summed E-state index contributed by atoms with van der Waals surface area (Å²) in [6.45, 7) is 0.959. The average molecular weight is 299 g/mol. The molecule has 0 aliphatic carbocycles. The molecule has 1 amide bonds. The number of benzene rings is 1. The van der Waals surface area contributed by atoms with Gasteiger partial charge in [-0.3, -0.25) is 4.79 Å². The maximum atomic E-state index is 12.0. The van der Waals surface area contributed by atoms with E-state index in [-0.39, 0.29) is 12.5 Å². The van der Waals surface area contributed by atoms with Gasteiger partial charge in [0.15, 0.2) is 17.6 Å².